The summed E-state index contributed by atoms with van der Waals surface area (Å²) in [6.45, 7) is 41.9. The van der Waals surface area contributed by atoms with Gasteiger partial charge in [-0.3, -0.25) is 0 Å². The van der Waals surface area contributed by atoms with Crippen molar-refractivity contribution < 1.29 is 70.8 Å². The normalized spacial score (nSPS) is 11.9. The number of phenols is 6. The second kappa shape index (κ2) is 25.6. The van der Waals surface area contributed by atoms with Crippen LogP contribution in [0.15, 0.2) is 78.9 Å². The molecule has 69 heavy (non-hydrogen) atoms. The number of aromatic hydroxyl groups is 6. The van der Waals surface area contributed by atoms with Gasteiger partial charge in [-0.05, 0) is 89.5 Å². The van der Waals surface area contributed by atoms with Gasteiger partial charge in [0.15, 0.2) is 0 Å². The van der Waals surface area contributed by atoms with Crippen molar-refractivity contribution in [3.63, 3.8) is 0 Å². The molecule has 0 atom stereocenters. The van der Waals surface area contributed by atoms with Crippen LogP contribution in [0.4, 0.5) is 0 Å². The minimum atomic E-state index is -0.146. The Labute approximate surface area is 447 Å². The van der Waals surface area contributed by atoms with E-state index in [4.69, 9.17) is 20.4 Å². The quantitative estimate of drug-likeness (QED) is 0.0673. The second-order valence-electron chi connectivity index (χ2n) is 24.0. The van der Waals surface area contributed by atoms with Crippen molar-refractivity contribution in [1.82, 2.24) is 0 Å². The minimum absolute atomic E-state index is 0. The Morgan fingerprint density at radius 1 is 0.362 bits per heavy atom. The fourth-order valence-electron chi connectivity index (χ4n) is 7.02. The van der Waals surface area contributed by atoms with Gasteiger partial charge in [-0.2, -0.15) is 0 Å². The van der Waals surface area contributed by atoms with E-state index in [0.29, 0.717) is 24.0 Å². The van der Waals surface area contributed by atoms with E-state index in [1.165, 1.54) is 45.0 Å². The van der Waals surface area contributed by atoms with Crippen LogP contribution < -0.4 is 29.6 Å². The van der Waals surface area contributed by atoms with E-state index in [2.05, 4.69) is 195 Å². The summed E-state index contributed by atoms with van der Waals surface area (Å²) in [6, 6.07) is 25.0. The molecule has 0 aliphatic rings. The van der Waals surface area contributed by atoms with Crippen LogP contribution in [0.25, 0.3) is 0 Å². The third-order valence-electron chi connectivity index (χ3n) is 11.4. The molecule has 0 aromatic heterocycles. The fourth-order valence-corrected chi connectivity index (χ4v) is 7.34. The van der Waals surface area contributed by atoms with Gasteiger partial charge < -0.3 is 41.2 Å². The zero-order valence-corrected chi connectivity index (χ0v) is 49.4. The zero-order valence-electron chi connectivity index (χ0n) is 45.8. The first kappa shape index (κ1) is 65.3. The second-order valence-corrected chi connectivity index (χ2v) is 24.5. The van der Waals surface area contributed by atoms with Crippen molar-refractivity contribution in [3.05, 3.63) is 140 Å². The number of rotatable bonds is 5. The molecule has 0 heterocycles. The molecule has 0 amide bonds. The zero-order chi connectivity index (χ0) is 51.8. The van der Waals surface area contributed by atoms with Crippen LogP contribution >= 0.6 is 15.9 Å². The number of aliphatic hydroxyl groups is 1. The maximum atomic E-state index is 11.5. The Hall–Kier alpha value is -3.70. The molecule has 10 heteroatoms. The fraction of sp³-hybridized carbons (Fsp3) is 0.492. The number of aliphatic hydroxyl groups excluding tert-OH is 1. The molecule has 0 unspecified atom stereocenters. The van der Waals surface area contributed by atoms with Gasteiger partial charge in [0.2, 0.25) is 0 Å². The van der Waals surface area contributed by atoms with Crippen LogP contribution in [0.1, 0.15) is 193 Å². The summed E-state index contributed by atoms with van der Waals surface area (Å²) in [5, 5.41) is 67.7. The van der Waals surface area contributed by atoms with E-state index in [-0.39, 0.29) is 109 Å². The van der Waals surface area contributed by atoms with Crippen LogP contribution in [-0.4, -0.2) is 47.8 Å². The van der Waals surface area contributed by atoms with Crippen molar-refractivity contribution in [2.75, 3.05) is 6.61 Å². The molecule has 5 aromatic carbocycles. The van der Waals surface area contributed by atoms with E-state index in [9.17, 15) is 15.3 Å². The van der Waals surface area contributed by atoms with Crippen LogP contribution in [0, 0.1) is 0 Å². The topological polar surface area (TPSA) is 172 Å². The van der Waals surface area contributed by atoms with Crippen molar-refractivity contribution in [3.8, 4) is 34.5 Å². The molecule has 0 aliphatic carbocycles. The molecule has 0 radical (unpaired) electrons. The van der Waals surface area contributed by atoms with Crippen molar-refractivity contribution in [1.29, 1.82) is 0 Å². The minimum Gasteiger partial charge on any atom is -0.870 e. The summed E-state index contributed by atoms with van der Waals surface area (Å²) < 4.78 is 0. The molecule has 8 nitrogen and oxygen atoms in total. The maximum absolute atomic E-state index is 11.5. The van der Waals surface area contributed by atoms with Gasteiger partial charge in [-0.1, -0.05) is 195 Å². The molecular formula is C59H86BrNaO8. The van der Waals surface area contributed by atoms with Gasteiger partial charge in [0.1, 0.15) is 34.5 Å². The monoisotopic (exact) mass is 1020 g/mol. The van der Waals surface area contributed by atoms with Gasteiger partial charge in [-0.15, -0.1) is 0 Å². The van der Waals surface area contributed by atoms with Crippen LogP contribution in [-0.2, 0) is 50.7 Å². The molecule has 0 fully saturated rings. The first-order valence-electron chi connectivity index (χ1n) is 23.4. The SMILES string of the molecule is CC(C)(C)c1cc(CBr)cc(C(C)(C)C)c1.CC(C)(C)c1cc(Cc2c(O)cc(O)c(Cc3cc(C(C)(C)C)cc(C(C)(C)C)c3)c2O)cc(C(C)(C)C)c1.CCO.Oc1cc(O)cc(O)c1.[Na+].[OH-]. The van der Waals surface area contributed by atoms with E-state index in [1.54, 1.807) is 6.92 Å². The number of benzene rings is 5. The molecule has 378 valence electrons. The average Bonchev–Trinajstić information content (AvgIpc) is 3.16. The van der Waals surface area contributed by atoms with Gasteiger partial charge in [0, 0.05) is 60.2 Å². The molecule has 5 aromatic rings. The standard InChI is InChI=1S/C36H50O3.C15H23Br.C6H6O3.C2H6O.Na.H2O/c1-33(2,3)24-13-22(14-25(19-24)34(4,5)6)17-28-30(37)21-31(38)29(32(28)39)18-23-15-26(35(7,8)9)20-27(16-23)36(10,11)12;1-14(2,3)12-7-11(10-16)8-13(9-12)15(4,5)6;7-4-1-5(8)3-6(9)2-4;1-2-3;;/h13-16,19-21,37-39H,17-18H2,1-12H3;7-9H,10H2,1-6H3;1-3,7-9H;3H,2H2,1H3;;1H2/q;;;;+1;/p-1. The van der Waals surface area contributed by atoms with Crippen LogP contribution in [0.2, 0.25) is 0 Å². The smallest absolute Gasteiger partial charge is 0.870 e. The third kappa shape index (κ3) is 20.5. The Kier molecular flexibility index (Phi) is 24.2. The molecule has 0 saturated carbocycles. The first-order valence-corrected chi connectivity index (χ1v) is 24.5. The van der Waals surface area contributed by atoms with Gasteiger partial charge in [-0.25, -0.2) is 0 Å². The van der Waals surface area contributed by atoms with Gasteiger partial charge in [0.25, 0.3) is 0 Å². The van der Waals surface area contributed by atoms with Gasteiger partial charge >= 0.3 is 29.6 Å². The summed E-state index contributed by atoms with van der Waals surface area (Å²) in [4.78, 5) is 0. The van der Waals surface area contributed by atoms with Crippen molar-refractivity contribution in [2.24, 2.45) is 0 Å². The third-order valence-corrected chi connectivity index (χ3v) is 12.1. The Bertz CT molecular complexity index is 2170. The first-order chi connectivity index (χ1) is 30.3. The van der Waals surface area contributed by atoms with E-state index in [0.717, 1.165) is 34.7 Å². The summed E-state index contributed by atoms with van der Waals surface area (Å²) in [5.41, 5.74) is 12.3. The number of hydrogen-bond donors (Lipinski definition) is 7. The van der Waals surface area contributed by atoms with E-state index >= 15 is 0 Å². The van der Waals surface area contributed by atoms with E-state index in [1.807, 2.05) is 0 Å². The molecule has 5 rings (SSSR count). The number of halogens is 1. The predicted octanol–water partition coefficient (Wildman–Crippen LogP) is 12.0. The Balaban J connectivity index is 0.00000126. The van der Waals surface area contributed by atoms with Crippen molar-refractivity contribution in [2.45, 2.75) is 182 Å². The summed E-state index contributed by atoms with van der Waals surface area (Å²) >= 11 is 3.56. The number of phenolic OH excluding ortho intramolecular Hbond substituents is 6. The summed E-state index contributed by atoms with van der Waals surface area (Å²) in [7, 11) is 0. The largest absolute Gasteiger partial charge is 1.00 e. The number of hydrogen-bond acceptors (Lipinski definition) is 8. The Morgan fingerprint density at radius 3 is 0.754 bits per heavy atom. The van der Waals surface area contributed by atoms with Crippen molar-refractivity contribution >= 4 is 15.9 Å². The average molecular weight is 1030 g/mol. The molecule has 0 saturated heterocycles. The number of alkyl halides is 1. The van der Waals surface area contributed by atoms with Gasteiger partial charge in [0.05, 0.1) is 0 Å². The summed E-state index contributed by atoms with van der Waals surface area (Å²) in [6.07, 6.45) is 0.737. The summed E-state index contributed by atoms with van der Waals surface area (Å²) in [5.74, 6) is -0.658. The van der Waals surface area contributed by atoms with Crippen LogP contribution in [0.3, 0.4) is 0 Å². The van der Waals surface area contributed by atoms with Crippen LogP contribution in [0.5, 0.6) is 34.5 Å². The van der Waals surface area contributed by atoms with E-state index < -0.39 is 0 Å². The molecule has 0 spiro atoms. The predicted molar refractivity (Wildman–Crippen MR) is 287 cm³/mol. The molecular weight excluding hydrogens is 940 g/mol. The maximum Gasteiger partial charge on any atom is 1.00 e. The molecule has 0 aliphatic heterocycles. The molecule has 0 bridgehead atoms. The Morgan fingerprint density at radius 2 is 0.565 bits per heavy atom. The molecule has 8 N–H and O–H groups in total.